The van der Waals surface area contributed by atoms with E-state index in [-0.39, 0.29) is 11.6 Å². The van der Waals surface area contributed by atoms with Crippen molar-refractivity contribution in [1.29, 1.82) is 0 Å². The van der Waals surface area contributed by atoms with Gasteiger partial charge in [-0.3, -0.25) is 4.79 Å². The van der Waals surface area contributed by atoms with Gasteiger partial charge in [0.25, 0.3) is 5.91 Å². The number of unbranched alkanes of at least 4 members (excludes halogenated alkanes) is 1. The van der Waals surface area contributed by atoms with Gasteiger partial charge >= 0.3 is 0 Å². The standard InChI is InChI=1S/C13H20FN3O/c1-2-3-4-10(8-15)17-12-6-5-9(14)7-11(12)13(16)18/h5-7,10,17H,2-4,8,15H2,1H3,(H2,16,18). The number of carbonyl (C=O) groups excluding carboxylic acids is 1. The summed E-state index contributed by atoms with van der Waals surface area (Å²) in [6.07, 6.45) is 3.02. The number of amides is 1. The maximum absolute atomic E-state index is 13.1. The Labute approximate surface area is 107 Å². The van der Waals surface area contributed by atoms with Crippen molar-refractivity contribution in [2.75, 3.05) is 11.9 Å². The van der Waals surface area contributed by atoms with Crippen LogP contribution in [-0.2, 0) is 0 Å². The molecule has 0 aliphatic heterocycles. The molecule has 1 aromatic carbocycles. The Bertz CT molecular complexity index is 409. The smallest absolute Gasteiger partial charge is 0.250 e. The molecule has 0 spiro atoms. The number of benzene rings is 1. The zero-order valence-electron chi connectivity index (χ0n) is 10.6. The Balaban J connectivity index is 2.84. The molecule has 0 aromatic heterocycles. The van der Waals surface area contributed by atoms with Crippen molar-refractivity contribution in [1.82, 2.24) is 0 Å². The van der Waals surface area contributed by atoms with E-state index in [0.717, 1.165) is 25.3 Å². The van der Waals surface area contributed by atoms with Gasteiger partial charge in [0, 0.05) is 18.3 Å². The molecule has 0 saturated heterocycles. The molecule has 5 N–H and O–H groups in total. The number of hydrogen-bond donors (Lipinski definition) is 3. The largest absolute Gasteiger partial charge is 0.380 e. The van der Waals surface area contributed by atoms with Crippen LogP contribution in [0.15, 0.2) is 18.2 Å². The predicted octanol–water partition coefficient (Wildman–Crippen LogP) is 1.85. The molecule has 100 valence electrons. The first kappa shape index (κ1) is 14.4. The number of hydrogen-bond acceptors (Lipinski definition) is 3. The lowest BCUT2D eigenvalue weighted by Crippen LogP contribution is -2.30. The zero-order chi connectivity index (χ0) is 13.5. The average molecular weight is 253 g/mol. The highest BCUT2D eigenvalue weighted by Gasteiger charge is 2.13. The van der Waals surface area contributed by atoms with E-state index in [1.165, 1.54) is 12.1 Å². The highest BCUT2D eigenvalue weighted by molar-refractivity contribution is 5.98. The number of primary amides is 1. The molecular formula is C13H20FN3O. The lowest BCUT2D eigenvalue weighted by atomic mass is 10.1. The molecule has 1 aromatic rings. The molecule has 5 heteroatoms. The van der Waals surface area contributed by atoms with Crippen molar-refractivity contribution in [2.24, 2.45) is 11.5 Å². The van der Waals surface area contributed by atoms with E-state index >= 15 is 0 Å². The van der Waals surface area contributed by atoms with Crippen LogP contribution in [-0.4, -0.2) is 18.5 Å². The lowest BCUT2D eigenvalue weighted by Gasteiger charge is -2.19. The summed E-state index contributed by atoms with van der Waals surface area (Å²) in [6.45, 7) is 2.55. The molecule has 1 amide bonds. The molecule has 18 heavy (non-hydrogen) atoms. The highest BCUT2D eigenvalue weighted by Crippen LogP contribution is 2.18. The van der Waals surface area contributed by atoms with Crippen LogP contribution in [0.1, 0.15) is 36.5 Å². The number of carbonyl (C=O) groups is 1. The SMILES string of the molecule is CCCCC(CN)Nc1ccc(F)cc1C(N)=O. The monoisotopic (exact) mass is 253 g/mol. The van der Waals surface area contributed by atoms with Gasteiger partial charge in [-0.25, -0.2) is 4.39 Å². The number of anilines is 1. The van der Waals surface area contributed by atoms with Crippen LogP contribution in [0.5, 0.6) is 0 Å². The van der Waals surface area contributed by atoms with Gasteiger partial charge in [-0.2, -0.15) is 0 Å². The quantitative estimate of drug-likeness (QED) is 0.693. The molecule has 0 radical (unpaired) electrons. The van der Waals surface area contributed by atoms with Crippen LogP contribution < -0.4 is 16.8 Å². The van der Waals surface area contributed by atoms with Crippen LogP contribution in [0.3, 0.4) is 0 Å². The Kier molecular flexibility index (Phi) is 5.58. The van der Waals surface area contributed by atoms with E-state index in [9.17, 15) is 9.18 Å². The van der Waals surface area contributed by atoms with Gasteiger partial charge in [-0.1, -0.05) is 19.8 Å². The fraction of sp³-hybridized carbons (Fsp3) is 0.462. The summed E-state index contributed by atoms with van der Waals surface area (Å²) in [5.41, 5.74) is 11.6. The third-order valence-corrected chi connectivity index (χ3v) is 2.80. The summed E-state index contributed by atoms with van der Waals surface area (Å²) in [7, 11) is 0. The summed E-state index contributed by atoms with van der Waals surface area (Å²) in [5.74, 6) is -1.13. The first-order chi connectivity index (χ1) is 8.58. The fourth-order valence-corrected chi connectivity index (χ4v) is 1.77. The fourth-order valence-electron chi connectivity index (χ4n) is 1.77. The molecule has 1 atom stereocenters. The maximum atomic E-state index is 13.1. The van der Waals surface area contributed by atoms with Crippen molar-refractivity contribution in [3.63, 3.8) is 0 Å². The topological polar surface area (TPSA) is 81.1 Å². The van der Waals surface area contributed by atoms with E-state index in [1.807, 2.05) is 0 Å². The van der Waals surface area contributed by atoms with E-state index in [2.05, 4.69) is 12.2 Å². The van der Waals surface area contributed by atoms with Gasteiger partial charge in [-0.05, 0) is 24.6 Å². The van der Waals surface area contributed by atoms with Crippen LogP contribution in [0, 0.1) is 5.82 Å². The number of nitrogens with one attached hydrogen (secondary N) is 1. The van der Waals surface area contributed by atoms with Gasteiger partial charge in [0.1, 0.15) is 5.82 Å². The van der Waals surface area contributed by atoms with Crippen LogP contribution >= 0.6 is 0 Å². The molecule has 1 unspecified atom stereocenters. The number of rotatable bonds is 7. The minimum absolute atomic E-state index is 0.0634. The third-order valence-electron chi connectivity index (χ3n) is 2.80. The lowest BCUT2D eigenvalue weighted by molar-refractivity contribution is 0.100. The normalized spacial score (nSPS) is 12.2. The van der Waals surface area contributed by atoms with Crippen molar-refractivity contribution < 1.29 is 9.18 Å². The summed E-state index contributed by atoms with van der Waals surface area (Å²) in [6, 6.07) is 4.01. The van der Waals surface area contributed by atoms with E-state index in [1.54, 1.807) is 0 Å². The van der Waals surface area contributed by atoms with Gasteiger partial charge in [-0.15, -0.1) is 0 Å². The Morgan fingerprint density at radius 2 is 2.22 bits per heavy atom. The second-order valence-electron chi connectivity index (χ2n) is 4.27. The molecule has 0 bridgehead atoms. The maximum Gasteiger partial charge on any atom is 0.250 e. The van der Waals surface area contributed by atoms with E-state index in [4.69, 9.17) is 11.5 Å². The van der Waals surface area contributed by atoms with Crippen molar-refractivity contribution >= 4 is 11.6 Å². The summed E-state index contributed by atoms with van der Waals surface area (Å²) in [5, 5.41) is 3.15. The Hall–Kier alpha value is -1.62. The average Bonchev–Trinajstić information content (AvgIpc) is 2.35. The number of nitrogens with two attached hydrogens (primary N) is 2. The van der Waals surface area contributed by atoms with Gasteiger partial charge in [0.05, 0.1) is 5.56 Å². The molecule has 0 saturated carbocycles. The van der Waals surface area contributed by atoms with Gasteiger partial charge < -0.3 is 16.8 Å². The Morgan fingerprint density at radius 3 is 2.78 bits per heavy atom. The van der Waals surface area contributed by atoms with Crippen LogP contribution in [0.4, 0.5) is 10.1 Å². The molecule has 0 aliphatic rings. The van der Waals surface area contributed by atoms with Gasteiger partial charge in [0.2, 0.25) is 0 Å². The third kappa shape index (κ3) is 4.00. The molecular weight excluding hydrogens is 233 g/mol. The zero-order valence-corrected chi connectivity index (χ0v) is 10.6. The highest BCUT2D eigenvalue weighted by atomic mass is 19.1. The number of halogens is 1. The Morgan fingerprint density at radius 1 is 1.50 bits per heavy atom. The van der Waals surface area contributed by atoms with Crippen molar-refractivity contribution in [3.8, 4) is 0 Å². The first-order valence-electron chi connectivity index (χ1n) is 6.14. The molecule has 1 rings (SSSR count). The first-order valence-corrected chi connectivity index (χ1v) is 6.14. The second kappa shape index (κ2) is 6.96. The van der Waals surface area contributed by atoms with E-state index < -0.39 is 11.7 Å². The van der Waals surface area contributed by atoms with Crippen LogP contribution in [0.25, 0.3) is 0 Å². The second-order valence-corrected chi connectivity index (χ2v) is 4.27. The van der Waals surface area contributed by atoms with Crippen molar-refractivity contribution in [3.05, 3.63) is 29.6 Å². The summed E-state index contributed by atoms with van der Waals surface area (Å²) in [4.78, 5) is 11.2. The van der Waals surface area contributed by atoms with Gasteiger partial charge in [0.15, 0.2) is 0 Å². The minimum Gasteiger partial charge on any atom is -0.380 e. The van der Waals surface area contributed by atoms with Crippen LogP contribution in [0.2, 0.25) is 0 Å². The predicted molar refractivity (Wildman–Crippen MR) is 70.9 cm³/mol. The minimum atomic E-state index is -0.650. The molecule has 0 aliphatic carbocycles. The van der Waals surface area contributed by atoms with E-state index in [0.29, 0.717) is 12.2 Å². The molecule has 0 heterocycles. The summed E-state index contributed by atoms with van der Waals surface area (Å²) < 4.78 is 13.1. The summed E-state index contributed by atoms with van der Waals surface area (Å²) >= 11 is 0. The molecule has 0 fully saturated rings. The van der Waals surface area contributed by atoms with Crippen molar-refractivity contribution in [2.45, 2.75) is 32.2 Å². The molecule has 4 nitrogen and oxygen atoms in total.